The van der Waals surface area contributed by atoms with Gasteiger partial charge in [0.1, 0.15) is 12.1 Å². The Labute approximate surface area is 167 Å². The predicted molar refractivity (Wildman–Crippen MR) is 105 cm³/mol. The molecule has 3 N–H and O–H groups in total. The number of rotatable bonds is 11. The first-order chi connectivity index (χ1) is 12.8. The maximum atomic E-state index is 12.8. The Kier molecular flexibility index (Phi) is 11.0. The molecule has 2 amide bonds. The summed E-state index contributed by atoms with van der Waals surface area (Å²) < 4.78 is 5.09. The molecule has 0 saturated heterocycles. The normalized spacial score (nSPS) is 17.6. The summed E-state index contributed by atoms with van der Waals surface area (Å²) in [5.74, 6) is -2.96. The van der Waals surface area contributed by atoms with Crippen molar-refractivity contribution in [2.24, 2.45) is 17.8 Å². The maximum Gasteiger partial charge on any atom is 0.302 e. The molecule has 0 aromatic rings. The Morgan fingerprint density at radius 3 is 1.79 bits per heavy atom. The van der Waals surface area contributed by atoms with Gasteiger partial charge in [-0.2, -0.15) is 0 Å². The van der Waals surface area contributed by atoms with Crippen molar-refractivity contribution in [2.45, 2.75) is 86.1 Å². The lowest BCUT2D eigenvalue weighted by Gasteiger charge is -2.30. The van der Waals surface area contributed by atoms with Crippen LogP contribution in [0.4, 0.5) is 0 Å². The van der Waals surface area contributed by atoms with Gasteiger partial charge in [0, 0.05) is 6.92 Å². The summed E-state index contributed by atoms with van der Waals surface area (Å²) in [5.41, 5.74) is 0. The van der Waals surface area contributed by atoms with E-state index in [4.69, 9.17) is 4.74 Å². The van der Waals surface area contributed by atoms with Crippen LogP contribution in [0, 0.1) is 17.8 Å². The molecule has 6 atom stereocenters. The summed E-state index contributed by atoms with van der Waals surface area (Å²) >= 11 is 0. The summed E-state index contributed by atoms with van der Waals surface area (Å²) in [6.07, 6.45) is -1.16. The number of aliphatic hydroxyl groups excluding tert-OH is 1. The number of aliphatic hydroxyl groups is 1. The van der Waals surface area contributed by atoms with Crippen molar-refractivity contribution >= 4 is 23.6 Å². The van der Waals surface area contributed by atoms with E-state index in [9.17, 15) is 24.3 Å². The van der Waals surface area contributed by atoms with Crippen LogP contribution < -0.4 is 10.6 Å². The van der Waals surface area contributed by atoms with Gasteiger partial charge in [0.15, 0.2) is 5.78 Å². The second-order valence-electron chi connectivity index (χ2n) is 7.81. The molecular formula is C20H36N2O6. The molecule has 0 unspecified atom stereocenters. The molecule has 0 heterocycles. The number of nitrogens with one attached hydrogen (secondary N) is 2. The van der Waals surface area contributed by atoms with Gasteiger partial charge in [0.05, 0.1) is 18.1 Å². The molecule has 8 nitrogen and oxygen atoms in total. The molecule has 0 aliphatic carbocycles. The zero-order valence-corrected chi connectivity index (χ0v) is 18.2. The Balaban J connectivity index is 5.51. The van der Waals surface area contributed by atoms with E-state index in [1.807, 2.05) is 13.8 Å². The molecule has 0 aromatic heterocycles. The monoisotopic (exact) mass is 400 g/mol. The van der Waals surface area contributed by atoms with Crippen LogP contribution in [0.25, 0.3) is 0 Å². The summed E-state index contributed by atoms with van der Waals surface area (Å²) in [6, 6.07) is -1.90. The van der Waals surface area contributed by atoms with Gasteiger partial charge in [-0.05, 0) is 25.7 Å². The van der Waals surface area contributed by atoms with Crippen LogP contribution in [0.15, 0.2) is 0 Å². The zero-order chi connectivity index (χ0) is 22.2. The highest BCUT2D eigenvalue weighted by atomic mass is 16.5. The molecule has 8 heteroatoms. The van der Waals surface area contributed by atoms with Gasteiger partial charge in [-0.1, -0.05) is 41.0 Å². The molecule has 0 aliphatic heterocycles. The summed E-state index contributed by atoms with van der Waals surface area (Å²) in [5, 5.41) is 15.4. The van der Waals surface area contributed by atoms with Crippen LogP contribution in [0.3, 0.4) is 0 Å². The maximum absolute atomic E-state index is 12.8. The fraction of sp³-hybridized carbons (Fsp3) is 0.800. The lowest BCUT2D eigenvalue weighted by molar-refractivity contribution is -0.151. The Hall–Kier alpha value is -1.96. The van der Waals surface area contributed by atoms with Crippen molar-refractivity contribution in [3.05, 3.63) is 0 Å². The van der Waals surface area contributed by atoms with Crippen LogP contribution in [-0.2, 0) is 23.9 Å². The van der Waals surface area contributed by atoms with Crippen molar-refractivity contribution in [1.82, 2.24) is 10.6 Å². The number of carbonyl (C=O) groups excluding carboxylic acids is 4. The van der Waals surface area contributed by atoms with Gasteiger partial charge < -0.3 is 20.5 Å². The first-order valence-corrected chi connectivity index (χ1v) is 9.79. The van der Waals surface area contributed by atoms with Crippen molar-refractivity contribution in [3.8, 4) is 0 Å². The van der Waals surface area contributed by atoms with E-state index in [0.717, 1.165) is 0 Å². The Bertz CT molecular complexity index is 563. The number of hydrogen-bond acceptors (Lipinski definition) is 6. The van der Waals surface area contributed by atoms with Crippen LogP contribution in [0.5, 0.6) is 0 Å². The van der Waals surface area contributed by atoms with Crippen molar-refractivity contribution in [3.63, 3.8) is 0 Å². The topological polar surface area (TPSA) is 122 Å². The van der Waals surface area contributed by atoms with E-state index in [0.29, 0.717) is 6.42 Å². The van der Waals surface area contributed by atoms with Crippen LogP contribution in [0.2, 0.25) is 0 Å². The third kappa shape index (κ3) is 7.96. The minimum atomic E-state index is -1.19. The largest absolute Gasteiger partial charge is 0.460 e. The first-order valence-electron chi connectivity index (χ1n) is 9.79. The molecule has 28 heavy (non-hydrogen) atoms. The van der Waals surface area contributed by atoms with E-state index < -0.39 is 48.0 Å². The molecule has 0 saturated carbocycles. The highest BCUT2D eigenvalue weighted by Crippen LogP contribution is 2.14. The van der Waals surface area contributed by atoms with E-state index in [1.54, 1.807) is 20.8 Å². The average molecular weight is 401 g/mol. The Morgan fingerprint density at radius 1 is 0.893 bits per heavy atom. The smallest absolute Gasteiger partial charge is 0.302 e. The van der Waals surface area contributed by atoms with Crippen molar-refractivity contribution in [2.75, 3.05) is 0 Å². The van der Waals surface area contributed by atoms with Gasteiger partial charge in [0.25, 0.3) is 0 Å². The van der Waals surface area contributed by atoms with Crippen molar-refractivity contribution in [1.29, 1.82) is 0 Å². The number of carbonyl (C=O) groups is 4. The SMILES string of the molecule is CC[C@H](C)[C@@H](NC(=O)[C@@H](NC(=O)[C@H](C)[C@H](O)C(C)C)[C@@H](C)OC(C)=O)C(C)=O. The lowest BCUT2D eigenvalue weighted by atomic mass is 9.93. The first kappa shape index (κ1) is 26.0. The lowest BCUT2D eigenvalue weighted by Crippen LogP contribution is -2.58. The number of esters is 1. The van der Waals surface area contributed by atoms with Gasteiger partial charge in [-0.25, -0.2) is 0 Å². The van der Waals surface area contributed by atoms with E-state index in [1.165, 1.54) is 20.8 Å². The molecule has 0 rings (SSSR count). The zero-order valence-electron chi connectivity index (χ0n) is 18.2. The number of amides is 2. The molecule has 0 spiro atoms. The van der Waals surface area contributed by atoms with Gasteiger partial charge in [-0.15, -0.1) is 0 Å². The molecule has 0 radical (unpaired) electrons. The molecule has 0 fully saturated rings. The number of Topliss-reactive ketones (excluding diaryl/α,β-unsaturated/α-hetero) is 1. The fourth-order valence-electron chi connectivity index (χ4n) is 2.87. The van der Waals surface area contributed by atoms with Gasteiger partial charge in [-0.3, -0.25) is 19.2 Å². The van der Waals surface area contributed by atoms with Crippen LogP contribution >= 0.6 is 0 Å². The van der Waals surface area contributed by atoms with Gasteiger partial charge >= 0.3 is 5.97 Å². The molecule has 0 bridgehead atoms. The van der Waals surface area contributed by atoms with Crippen LogP contribution in [0.1, 0.15) is 61.8 Å². The van der Waals surface area contributed by atoms with Crippen molar-refractivity contribution < 1.29 is 29.0 Å². The van der Waals surface area contributed by atoms with E-state index in [2.05, 4.69) is 10.6 Å². The summed E-state index contributed by atoms with van der Waals surface area (Å²) in [6.45, 7) is 13.0. The van der Waals surface area contributed by atoms with Gasteiger partial charge in [0.2, 0.25) is 11.8 Å². The Morgan fingerprint density at radius 2 is 1.39 bits per heavy atom. The second kappa shape index (κ2) is 11.8. The van der Waals surface area contributed by atoms with E-state index >= 15 is 0 Å². The highest BCUT2D eigenvalue weighted by Gasteiger charge is 2.35. The molecule has 0 aliphatic rings. The third-order valence-corrected chi connectivity index (χ3v) is 4.96. The number of hydrogen-bond donors (Lipinski definition) is 3. The summed E-state index contributed by atoms with van der Waals surface area (Å²) in [4.78, 5) is 48.6. The summed E-state index contributed by atoms with van der Waals surface area (Å²) in [7, 11) is 0. The van der Waals surface area contributed by atoms with Crippen LogP contribution in [-0.4, -0.2) is 53.0 Å². The number of ether oxygens (including phenoxy) is 1. The minimum absolute atomic E-state index is 0.0940. The molecule has 162 valence electrons. The molecular weight excluding hydrogens is 364 g/mol. The quantitative estimate of drug-likeness (QED) is 0.448. The number of ketones is 1. The standard InChI is InChI=1S/C20H36N2O6/c1-9-11(4)16(13(6)23)21-20(27)17(14(7)28-15(8)24)22-19(26)12(5)18(25)10(2)3/h10-12,14,16-18,25H,9H2,1-8H3,(H,21,27)(H,22,26)/t11-,12+,14+,16+,17-,18+/m0/s1. The second-order valence-corrected chi connectivity index (χ2v) is 7.81. The minimum Gasteiger partial charge on any atom is -0.460 e. The van der Waals surface area contributed by atoms with E-state index in [-0.39, 0.29) is 17.6 Å². The molecule has 0 aromatic carbocycles. The average Bonchev–Trinajstić information content (AvgIpc) is 2.60. The predicted octanol–water partition coefficient (Wildman–Crippen LogP) is 1.20. The third-order valence-electron chi connectivity index (χ3n) is 4.96. The highest BCUT2D eigenvalue weighted by molar-refractivity contribution is 5.93. The fourth-order valence-corrected chi connectivity index (χ4v) is 2.87.